The lowest BCUT2D eigenvalue weighted by molar-refractivity contribution is -0.115. The van der Waals surface area contributed by atoms with Crippen molar-refractivity contribution >= 4 is 28.8 Å². The number of Topliss-reactive ketones (excluding diaryl/α,β-unsaturated/α-hetero) is 1. The molecule has 0 saturated heterocycles. The Morgan fingerprint density at radius 3 is 2.92 bits per heavy atom. The van der Waals surface area contributed by atoms with Gasteiger partial charge < -0.3 is 5.73 Å². The topological polar surface area (TPSA) is 67.5 Å². The molecule has 1 saturated carbocycles. The van der Waals surface area contributed by atoms with Crippen LogP contribution in [0.15, 0.2) is 5.10 Å². The third kappa shape index (κ3) is 2.01. The van der Waals surface area contributed by atoms with Crippen LogP contribution in [0.3, 0.4) is 0 Å². The predicted molar refractivity (Wildman–Crippen MR) is 50.8 cm³/mol. The van der Waals surface area contributed by atoms with Gasteiger partial charge in [-0.1, -0.05) is 6.92 Å². The minimum atomic E-state index is 0.0925. The number of rotatable bonds is 1. The molecule has 12 heavy (non-hydrogen) atoms. The van der Waals surface area contributed by atoms with Gasteiger partial charge in [-0.15, -0.1) is 0 Å². The number of thiocarbonyl (C=S) groups is 1. The van der Waals surface area contributed by atoms with Crippen molar-refractivity contribution in [1.82, 2.24) is 5.43 Å². The van der Waals surface area contributed by atoms with E-state index in [0.29, 0.717) is 5.71 Å². The highest BCUT2D eigenvalue weighted by Crippen LogP contribution is 2.17. The first-order chi connectivity index (χ1) is 5.61. The van der Waals surface area contributed by atoms with E-state index >= 15 is 0 Å². The molecule has 0 aromatic heterocycles. The van der Waals surface area contributed by atoms with Crippen LogP contribution in [0.2, 0.25) is 0 Å². The van der Waals surface area contributed by atoms with Gasteiger partial charge >= 0.3 is 0 Å². The Morgan fingerprint density at radius 1 is 1.83 bits per heavy atom. The second kappa shape index (κ2) is 3.62. The van der Waals surface area contributed by atoms with Crippen LogP contribution in [-0.4, -0.2) is 16.6 Å². The maximum atomic E-state index is 11.3. The maximum Gasteiger partial charge on any atom is 0.184 e. The van der Waals surface area contributed by atoms with E-state index < -0.39 is 0 Å². The number of nitrogens with one attached hydrogen (secondary N) is 1. The van der Waals surface area contributed by atoms with Crippen LogP contribution in [0.25, 0.3) is 0 Å². The molecule has 0 radical (unpaired) electrons. The molecule has 1 unspecified atom stereocenters. The van der Waals surface area contributed by atoms with E-state index in [-0.39, 0.29) is 16.8 Å². The number of carbonyl (C=O) groups is 1. The Morgan fingerprint density at radius 2 is 2.50 bits per heavy atom. The molecule has 0 bridgehead atoms. The molecule has 1 rings (SSSR count). The number of hydrogen-bond acceptors (Lipinski definition) is 3. The number of carbonyl (C=O) groups excluding carboxylic acids is 1. The summed E-state index contributed by atoms with van der Waals surface area (Å²) in [6.07, 6.45) is 1.59. The molecule has 0 aromatic carbocycles. The van der Waals surface area contributed by atoms with E-state index in [1.54, 1.807) is 0 Å². The third-order valence-corrected chi connectivity index (χ3v) is 1.94. The lowest BCUT2D eigenvalue weighted by Crippen LogP contribution is -2.26. The normalized spacial score (nSPS) is 26.2. The lowest BCUT2D eigenvalue weighted by Gasteiger charge is -1.97. The van der Waals surface area contributed by atoms with Gasteiger partial charge in [0.15, 0.2) is 10.9 Å². The summed E-state index contributed by atoms with van der Waals surface area (Å²) in [6.45, 7) is 1.89. The quantitative estimate of drug-likeness (QED) is 0.451. The first kappa shape index (κ1) is 9.12. The van der Waals surface area contributed by atoms with Crippen LogP contribution in [0, 0.1) is 5.92 Å². The number of hydrazone groups is 1. The van der Waals surface area contributed by atoms with Crippen molar-refractivity contribution in [2.45, 2.75) is 19.8 Å². The van der Waals surface area contributed by atoms with E-state index in [4.69, 9.17) is 5.73 Å². The number of ketones is 1. The van der Waals surface area contributed by atoms with Gasteiger partial charge in [0.1, 0.15) is 5.71 Å². The molecule has 0 amide bonds. The van der Waals surface area contributed by atoms with Crippen molar-refractivity contribution in [2.24, 2.45) is 16.8 Å². The Labute approximate surface area is 76.2 Å². The van der Waals surface area contributed by atoms with Crippen LogP contribution in [0.4, 0.5) is 0 Å². The van der Waals surface area contributed by atoms with Crippen LogP contribution >= 0.6 is 12.2 Å². The van der Waals surface area contributed by atoms with Gasteiger partial charge in [-0.2, -0.15) is 5.10 Å². The molecule has 66 valence electrons. The van der Waals surface area contributed by atoms with Crippen LogP contribution in [-0.2, 0) is 4.79 Å². The first-order valence-electron chi connectivity index (χ1n) is 3.77. The van der Waals surface area contributed by atoms with Crippen molar-refractivity contribution in [3.05, 3.63) is 0 Å². The van der Waals surface area contributed by atoms with Crippen LogP contribution in [0.5, 0.6) is 0 Å². The van der Waals surface area contributed by atoms with Crippen molar-refractivity contribution in [2.75, 3.05) is 0 Å². The summed E-state index contributed by atoms with van der Waals surface area (Å²) in [6, 6.07) is 0. The molecule has 4 nitrogen and oxygen atoms in total. The SMILES string of the molecule is CC1CCC(=NNC(N)=S)C1=O. The summed E-state index contributed by atoms with van der Waals surface area (Å²) < 4.78 is 0. The minimum Gasteiger partial charge on any atom is -0.375 e. The van der Waals surface area contributed by atoms with Gasteiger partial charge in [0, 0.05) is 5.92 Å². The second-order valence-corrected chi connectivity index (χ2v) is 3.28. The van der Waals surface area contributed by atoms with Crippen LogP contribution in [0.1, 0.15) is 19.8 Å². The zero-order valence-corrected chi connectivity index (χ0v) is 7.65. The Hall–Kier alpha value is -0.970. The van der Waals surface area contributed by atoms with Crippen LogP contribution < -0.4 is 11.2 Å². The smallest absolute Gasteiger partial charge is 0.184 e. The molecule has 1 aliphatic rings. The maximum absolute atomic E-state index is 11.3. The average molecular weight is 185 g/mol. The number of nitrogens with zero attached hydrogens (tertiary/aromatic N) is 1. The molecule has 0 heterocycles. The fourth-order valence-electron chi connectivity index (χ4n) is 1.13. The van der Waals surface area contributed by atoms with Gasteiger partial charge in [-0.25, -0.2) is 0 Å². The standard InChI is InChI=1S/C7H11N3OS/c1-4-2-3-5(6(4)11)9-10-7(8)12/h4H,2-3H2,1H3,(H3,8,10,12). The van der Waals surface area contributed by atoms with Gasteiger partial charge in [-0.3, -0.25) is 10.2 Å². The first-order valence-corrected chi connectivity index (χ1v) is 4.18. The van der Waals surface area contributed by atoms with Gasteiger partial charge in [0.2, 0.25) is 0 Å². The van der Waals surface area contributed by atoms with Gasteiger partial charge in [0.25, 0.3) is 0 Å². The van der Waals surface area contributed by atoms with Crippen molar-refractivity contribution in [1.29, 1.82) is 0 Å². The average Bonchev–Trinajstić information content (AvgIpc) is 2.30. The van der Waals surface area contributed by atoms with E-state index in [1.807, 2.05) is 6.92 Å². The van der Waals surface area contributed by atoms with E-state index in [0.717, 1.165) is 12.8 Å². The molecule has 1 atom stereocenters. The van der Waals surface area contributed by atoms with Crippen molar-refractivity contribution < 1.29 is 4.79 Å². The Bertz CT molecular complexity index is 249. The highest BCUT2D eigenvalue weighted by Gasteiger charge is 2.26. The van der Waals surface area contributed by atoms with Crippen molar-refractivity contribution in [3.63, 3.8) is 0 Å². The highest BCUT2D eigenvalue weighted by molar-refractivity contribution is 7.80. The van der Waals surface area contributed by atoms with E-state index in [2.05, 4.69) is 22.7 Å². The fourth-order valence-corrected chi connectivity index (χ4v) is 1.17. The molecular weight excluding hydrogens is 174 g/mol. The lowest BCUT2D eigenvalue weighted by atomic mass is 10.1. The molecule has 0 spiro atoms. The zero-order valence-electron chi connectivity index (χ0n) is 6.83. The summed E-state index contributed by atoms with van der Waals surface area (Å²) in [5, 5.41) is 3.90. The highest BCUT2D eigenvalue weighted by atomic mass is 32.1. The Kier molecular flexibility index (Phi) is 2.75. The molecule has 3 N–H and O–H groups in total. The fraction of sp³-hybridized carbons (Fsp3) is 0.571. The summed E-state index contributed by atoms with van der Waals surface area (Å²) in [7, 11) is 0. The van der Waals surface area contributed by atoms with Crippen molar-refractivity contribution in [3.8, 4) is 0 Å². The summed E-state index contributed by atoms with van der Waals surface area (Å²) in [5.41, 5.74) is 8.12. The predicted octanol–water partition coefficient (Wildman–Crippen LogP) is 0.175. The molecule has 1 aliphatic carbocycles. The summed E-state index contributed by atoms with van der Waals surface area (Å²) >= 11 is 4.55. The minimum absolute atomic E-state index is 0.0925. The Balaban J connectivity index is 2.59. The summed E-state index contributed by atoms with van der Waals surface area (Å²) in [5.74, 6) is 0.190. The monoisotopic (exact) mass is 185 g/mol. The van der Waals surface area contributed by atoms with E-state index in [9.17, 15) is 4.79 Å². The second-order valence-electron chi connectivity index (χ2n) is 2.84. The van der Waals surface area contributed by atoms with Gasteiger partial charge in [0.05, 0.1) is 0 Å². The third-order valence-electron chi connectivity index (χ3n) is 1.85. The molecule has 5 heteroatoms. The molecular formula is C7H11N3OS. The molecule has 0 aliphatic heterocycles. The van der Waals surface area contributed by atoms with E-state index in [1.165, 1.54) is 0 Å². The molecule has 0 aromatic rings. The number of hydrogen-bond donors (Lipinski definition) is 2. The molecule has 1 fully saturated rings. The summed E-state index contributed by atoms with van der Waals surface area (Å²) in [4.78, 5) is 11.3. The number of nitrogens with two attached hydrogens (primary N) is 1. The van der Waals surface area contributed by atoms with Gasteiger partial charge in [-0.05, 0) is 25.1 Å². The zero-order chi connectivity index (χ0) is 9.14. The largest absolute Gasteiger partial charge is 0.375 e.